The molecular formula is C22H19BrClNO5. The van der Waals surface area contributed by atoms with Crippen molar-refractivity contribution in [3.8, 4) is 17.1 Å². The Hall–Kier alpha value is -2.35. The predicted octanol–water partition coefficient (Wildman–Crippen LogP) is 4.66. The van der Waals surface area contributed by atoms with Crippen LogP contribution in [-0.2, 0) is 4.79 Å². The minimum atomic E-state index is -0.752. The third kappa shape index (κ3) is 4.38. The highest BCUT2D eigenvalue weighted by Crippen LogP contribution is 2.34. The first kappa shape index (κ1) is 20.9. The molecule has 4 rings (SSSR count). The average Bonchev–Trinajstić information content (AvgIpc) is 3.18. The van der Waals surface area contributed by atoms with E-state index in [1.54, 1.807) is 18.2 Å². The lowest BCUT2D eigenvalue weighted by Gasteiger charge is -2.17. The van der Waals surface area contributed by atoms with Gasteiger partial charge in [0, 0.05) is 23.6 Å². The van der Waals surface area contributed by atoms with Gasteiger partial charge in [-0.1, -0.05) is 33.6 Å². The number of ether oxygens (including phenoxy) is 1. The second-order valence-electron chi connectivity index (χ2n) is 7.20. The second-order valence-corrected chi connectivity index (χ2v) is 8.53. The number of hydrogen-bond acceptors (Lipinski definition) is 5. The van der Waals surface area contributed by atoms with Crippen molar-refractivity contribution in [2.75, 3.05) is 26.2 Å². The molecule has 156 valence electrons. The van der Waals surface area contributed by atoms with Crippen LogP contribution in [0.25, 0.3) is 22.3 Å². The van der Waals surface area contributed by atoms with Crippen LogP contribution in [0.15, 0.2) is 56.1 Å². The van der Waals surface area contributed by atoms with E-state index in [0.717, 1.165) is 11.0 Å². The summed E-state index contributed by atoms with van der Waals surface area (Å²) in [6, 6.07) is 12.0. The number of hydrogen-bond donors (Lipinski definition) is 1. The number of halogens is 2. The van der Waals surface area contributed by atoms with Gasteiger partial charge in [-0.3, -0.25) is 14.5 Å². The third-order valence-corrected chi connectivity index (χ3v) is 5.99. The van der Waals surface area contributed by atoms with Crippen molar-refractivity contribution in [1.29, 1.82) is 0 Å². The van der Waals surface area contributed by atoms with E-state index in [1.807, 2.05) is 18.2 Å². The highest BCUT2D eigenvalue weighted by atomic mass is 79.9. The topological polar surface area (TPSA) is 80.0 Å². The number of rotatable bonds is 6. The Morgan fingerprint density at radius 3 is 2.90 bits per heavy atom. The Balaban J connectivity index is 1.57. The maximum atomic E-state index is 12.6. The smallest absolute Gasteiger partial charge is 0.307 e. The Morgan fingerprint density at radius 1 is 1.30 bits per heavy atom. The number of para-hydroxylation sites is 1. The van der Waals surface area contributed by atoms with E-state index >= 15 is 0 Å². The van der Waals surface area contributed by atoms with Gasteiger partial charge in [-0.25, -0.2) is 0 Å². The minimum Gasteiger partial charge on any atom is -0.491 e. The summed E-state index contributed by atoms with van der Waals surface area (Å²) in [6.45, 7) is 2.27. The summed E-state index contributed by atoms with van der Waals surface area (Å²) in [6.07, 6.45) is 0.653. The van der Waals surface area contributed by atoms with Crippen molar-refractivity contribution in [2.24, 2.45) is 5.92 Å². The van der Waals surface area contributed by atoms with Gasteiger partial charge in [-0.05, 0) is 43.3 Å². The molecule has 0 amide bonds. The molecular weight excluding hydrogens is 474 g/mol. The standard InChI is InChI=1S/C22H19BrClNO5/c23-14-4-5-16(20-11-18(26)15-2-1-3-17(24)21(15)30-20)19(10-14)29-9-8-25-7-6-13(12-25)22(27)28/h1-5,10-11,13H,6-9,12H2,(H,27,28)/t13-/m1/s1. The van der Waals surface area contributed by atoms with Crippen LogP contribution in [0.5, 0.6) is 5.75 Å². The fraction of sp³-hybridized carbons (Fsp3) is 0.273. The lowest BCUT2D eigenvalue weighted by atomic mass is 10.1. The van der Waals surface area contributed by atoms with Gasteiger partial charge < -0.3 is 14.3 Å². The highest BCUT2D eigenvalue weighted by Gasteiger charge is 2.27. The van der Waals surface area contributed by atoms with Crippen LogP contribution in [0.1, 0.15) is 6.42 Å². The quantitative estimate of drug-likeness (QED) is 0.539. The molecule has 8 heteroatoms. The molecule has 1 saturated heterocycles. The summed E-state index contributed by atoms with van der Waals surface area (Å²) >= 11 is 9.67. The van der Waals surface area contributed by atoms with Crippen molar-refractivity contribution in [3.05, 3.63) is 62.2 Å². The van der Waals surface area contributed by atoms with E-state index in [2.05, 4.69) is 20.8 Å². The summed E-state index contributed by atoms with van der Waals surface area (Å²) in [4.78, 5) is 25.7. The summed E-state index contributed by atoms with van der Waals surface area (Å²) in [5, 5.41) is 9.93. The summed E-state index contributed by atoms with van der Waals surface area (Å²) in [5.41, 5.74) is 0.800. The molecule has 0 aliphatic carbocycles. The first-order chi connectivity index (χ1) is 14.4. The van der Waals surface area contributed by atoms with Crippen LogP contribution in [-0.4, -0.2) is 42.2 Å². The van der Waals surface area contributed by atoms with Gasteiger partial charge in [0.15, 0.2) is 11.0 Å². The van der Waals surface area contributed by atoms with E-state index in [0.29, 0.717) is 59.2 Å². The number of nitrogens with zero attached hydrogens (tertiary/aromatic N) is 1. The monoisotopic (exact) mass is 491 g/mol. The molecule has 0 saturated carbocycles. The normalized spacial score (nSPS) is 16.8. The first-order valence-corrected chi connectivity index (χ1v) is 10.7. The molecule has 1 fully saturated rings. The molecule has 0 bridgehead atoms. The van der Waals surface area contributed by atoms with Crippen molar-refractivity contribution in [3.63, 3.8) is 0 Å². The van der Waals surface area contributed by atoms with E-state index in [4.69, 9.17) is 25.9 Å². The van der Waals surface area contributed by atoms with Crippen molar-refractivity contribution in [2.45, 2.75) is 6.42 Å². The van der Waals surface area contributed by atoms with Crippen LogP contribution in [0.2, 0.25) is 5.02 Å². The Kier molecular flexibility index (Phi) is 6.13. The molecule has 1 N–H and O–H groups in total. The molecule has 0 spiro atoms. The van der Waals surface area contributed by atoms with Gasteiger partial charge in [0.1, 0.15) is 18.1 Å². The molecule has 0 radical (unpaired) electrons. The highest BCUT2D eigenvalue weighted by molar-refractivity contribution is 9.10. The fourth-order valence-corrected chi connectivity index (χ4v) is 4.17. The molecule has 1 aliphatic heterocycles. The third-order valence-electron chi connectivity index (χ3n) is 5.20. The van der Waals surface area contributed by atoms with Gasteiger partial charge in [0.05, 0.1) is 21.9 Å². The van der Waals surface area contributed by atoms with Gasteiger partial charge in [0.25, 0.3) is 0 Å². The Morgan fingerprint density at radius 2 is 2.13 bits per heavy atom. The van der Waals surface area contributed by atoms with E-state index in [1.165, 1.54) is 6.07 Å². The number of fused-ring (bicyclic) bond motifs is 1. The van der Waals surface area contributed by atoms with E-state index < -0.39 is 5.97 Å². The summed E-state index contributed by atoms with van der Waals surface area (Å²) < 4.78 is 12.8. The van der Waals surface area contributed by atoms with Crippen LogP contribution in [0.3, 0.4) is 0 Å². The second kappa shape index (κ2) is 8.79. The largest absolute Gasteiger partial charge is 0.491 e. The lowest BCUT2D eigenvalue weighted by Crippen LogP contribution is -2.27. The van der Waals surface area contributed by atoms with Gasteiger partial charge in [0.2, 0.25) is 0 Å². The summed E-state index contributed by atoms with van der Waals surface area (Å²) in [7, 11) is 0. The molecule has 1 atom stereocenters. The molecule has 6 nitrogen and oxygen atoms in total. The molecule has 30 heavy (non-hydrogen) atoms. The van der Waals surface area contributed by atoms with Gasteiger partial charge in [-0.2, -0.15) is 0 Å². The van der Waals surface area contributed by atoms with Crippen LogP contribution < -0.4 is 10.2 Å². The Labute approximate surface area is 186 Å². The number of carbonyl (C=O) groups is 1. The van der Waals surface area contributed by atoms with Crippen LogP contribution >= 0.6 is 27.5 Å². The average molecular weight is 493 g/mol. The number of aliphatic carboxylic acids is 1. The molecule has 0 unspecified atom stereocenters. The lowest BCUT2D eigenvalue weighted by molar-refractivity contribution is -0.141. The maximum Gasteiger partial charge on any atom is 0.307 e. The van der Waals surface area contributed by atoms with Crippen molar-refractivity contribution >= 4 is 44.5 Å². The van der Waals surface area contributed by atoms with Crippen LogP contribution in [0.4, 0.5) is 0 Å². The van der Waals surface area contributed by atoms with E-state index in [9.17, 15) is 9.59 Å². The summed E-state index contributed by atoms with van der Waals surface area (Å²) in [5.74, 6) is -0.135. The van der Waals surface area contributed by atoms with E-state index in [-0.39, 0.29) is 11.3 Å². The van der Waals surface area contributed by atoms with Gasteiger partial charge >= 0.3 is 5.97 Å². The SMILES string of the molecule is O=C(O)[C@@H]1CCN(CCOc2cc(Br)ccc2-c2cc(=O)c3cccc(Cl)c3o2)C1. The maximum absolute atomic E-state index is 12.6. The molecule has 3 aromatic rings. The Bertz CT molecular complexity index is 1160. The number of carboxylic acids is 1. The van der Waals surface area contributed by atoms with Gasteiger partial charge in [-0.15, -0.1) is 0 Å². The number of benzene rings is 2. The first-order valence-electron chi connectivity index (χ1n) is 9.52. The number of carboxylic acid groups (broad SMARTS) is 1. The zero-order valence-corrected chi connectivity index (χ0v) is 18.3. The zero-order valence-electron chi connectivity index (χ0n) is 15.9. The fourth-order valence-electron chi connectivity index (χ4n) is 3.62. The van der Waals surface area contributed by atoms with Crippen LogP contribution in [0, 0.1) is 5.92 Å². The molecule has 2 aromatic carbocycles. The molecule has 1 aromatic heterocycles. The number of likely N-dealkylation sites (tertiary alicyclic amines) is 1. The van der Waals surface area contributed by atoms with Crippen molar-refractivity contribution in [1.82, 2.24) is 4.90 Å². The zero-order chi connectivity index (χ0) is 21.3. The van der Waals surface area contributed by atoms with Crippen molar-refractivity contribution < 1.29 is 19.1 Å². The molecule has 2 heterocycles. The molecule has 1 aliphatic rings. The minimum absolute atomic E-state index is 0.181. The predicted molar refractivity (Wildman–Crippen MR) is 118 cm³/mol.